The molecule has 1 heterocycles. The molecule has 3 aromatic carbocycles. The van der Waals surface area contributed by atoms with Crippen LogP contribution in [0.4, 0.5) is 11.4 Å². The van der Waals surface area contributed by atoms with Gasteiger partial charge in [0.25, 0.3) is 5.91 Å². The molecule has 1 atom stereocenters. The van der Waals surface area contributed by atoms with Crippen LogP contribution >= 0.6 is 11.8 Å². The fourth-order valence-corrected chi connectivity index (χ4v) is 4.56. The number of methoxy groups -OCH3 is 1. The van der Waals surface area contributed by atoms with Crippen LogP contribution < -0.4 is 15.0 Å². The molecular weight excluding hydrogens is 396 g/mol. The van der Waals surface area contributed by atoms with E-state index in [9.17, 15) is 9.59 Å². The van der Waals surface area contributed by atoms with Gasteiger partial charge in [-0.2, -0.15) is 0 Å². The van der Waals surface area contributed by atoms with Crippen LogP contribution in [0.25, 0.3) is 0 Å². The van der Waals surface area contributed by atoms with Gasteiger partial charge in [0.15, 0.2) is 0 Å². The number of hydrogen-bond acceptors (Lipinski definition) is 4. The predicted octanol–water partition coefficient (Wildman–Crippen LogP) is 5.03. The summed E-state index contributed by atoms with van der Waals surface area (Å²) >= 11 is 1.57. The van der Waals surface area contributed by atoms with Gasteiger partial charge in [-0.1, -0.05) is 35.9 Å². The van der Waals surface area contributed by atoms with Crippen LogP contribution in [0.15, 0.2) is 72.8 Å². The standard InChI is InChI=1S/C24H22N2O3S/c1-16-9-11-17(12-10-16)23(28)25-19-6-3-5-18(13-19)24-26(22(27)15-30-24)20-7-4-8-21(14-20)29-2/h3-14,24H,15H2,1-2H3,(H,25,28)/t24-/m1/s1. The second-order valence-corrected chi connectivity index (χ2v) is 8.14. The van der Waals surface area contributed by atoms with Gasteiger partial charge in [-0.05, 0) is 48.9 Å². The van der Waals surface area contributed by atoms with Crippen LogP contribution in [-0.2, 0) is 4.79 Å². The SMILES string of the molecule is COc1cccc(N2C(=O)CS[C@@H]2c2cccc(NC(=O)c3ccc(C)cc3)c2)c1. The molecule has 1 aliphatic rings. The summed E-state index contributed by atoms with van der Waals surface area (Å²) < 4.78 is 5.31. The maximum absolute atomic E-state index is 12.6. The van der Waals surface area contributed by atoms with Crippen molar-refractivity contribution in [3.05, 3.63) is 89.5 Å². The Morgan fingerprint density at radius 1 is 1.07 bits per heavy atom. The number of amides is 2. The number of carbonyl (C=O) groups is 2. The summed E-state index contributed by atoms with van der Waals surface area (Å²) in [5.74, 6) is 0.997. The quantitative estimate of drug-likeness (QED) is 0.631. The molecule has 30 heavy (non-hydrogen) atoms. The summed E-state index contributed by atoms with van der Waals surface area (Å²) in [4.78, 5) is 27.0. The first kappa shape index (κ1) is 20.0. The van der Waals surface area contributed by atoms with Gasteiger partial charge in [-0.3, -0.25) is 14.5 Å². The summed E-state index contributed by atoms with van der Waals surface area (Å²) in [6.07, 6.45) is 0. The third kappa shape index (κ3) is 4.19. The molecule has 0 spiro atoms. The third-order valence-electron chi connectivity index (χ3n) is 4.94. The first-order valence-electron chi connectivity index (χ1n) is 9.61. The average molecular weight is 419 g/mol. The van der Waals surface area contributed by atoms with E-state index in [0.29, 0.717) is 22.8 Å². The molecule has 1 aliphatic heterocycles. The summed E-state index contributed by atoms with van der Waals surface area (Å²) in [7, 11) is 1.61. The van der Waals surface area contributed by atoms with E-state index in [1.807, 2.05) is 79.7 Å². The van der Waals surface area contributed by atoms with Crippen LogP contribution in [0.2, 0.25) is 0 Å². The minimum atomic E-state index is -0.166. The number of thioether (sulfide) groups is 1. The normalized spacial score (nSPS) is 15.9. The zero-order valence-electron chi connectivity index (χ0n) is 16.8. The minimum absolute atomic E-state index is 0.0485. The van der Waals surface area contributed by atoms with E-state index in [-0.39, 0.29) is 17.2 Å². The highest BCUT2D eigenvalue weighted by Gasteiger charge is 2.34. The molecular formula is C24H22N2O3S. The second-order valence-electron chi connectivity index (χ2n) is 7.07. The van der Waals surface area contributed by atoms with Crippen molar-refractivity contribution < 1.29 is 14.3 Å². The Balaban J connectivity index is 1.58. The first-order chi connectivity index (χ1) is 14.5. The number of benzene rings is 3. The summed E-state index contributed by atoms with van der Waals surface area (Å²) in [5.41, 5.74) is 4.16. The Hall–Kier alpha value is -3.25. The van der Waals surface area contributed by atoms with E-state index < -0.39 is 0 Å². The van der Waals surface area contributed by atoms with Gasteiger partial charge in [0, 0.05) is 23.0 Å². The summed E-state index contributed by atoms with van der Waals surface area (Å²) in [6, 6.07) is 22.6. The van der Waals surface area contributed by atoms with E-state index in [4.69, 9.17) is 4.74 Å². The van der Waals surface area contributed by atoms with E-state index in [2.05, 4.69) is 5.32 Å². The van der Waals surface area contributed by atoms with Crippen molar-refractivity contribution in [1.29, 1.82) is 0 Å². The van der Waals surface area contributed by atoms with Crippen molar-refractivity contribution in [2.45, 2.75) is 12.3 Å². The number of anilines is 2. The average Bonchev–Trinajstić information content (AvgIpc) is 3.16. The van der Waals surface area contributed by atoms with Crippen molar-refractivity contribution in [2.75, 3.05) is 23.1 Å². The van der Waals surface area contributed by atoms with Crippen molar-refractivity contribution in [3.8, 4) is 5.75 Å². The molecule has 0 saturated carbocycles. The summed E-state index contributed by atoms with van der Waals surface area (Å²) in [6.45, 7) is 1.99. The Bertz CT molecular complexity index is 1080. The molecule has 1 saturated heterocycles. The lowest BCUT2D eigenvalue weighted by atomic mass is 10.1. The molecule has 1 fully saturated rings. The Labute approximate surface area is 180 Å². The molecule has 0 radical (unpaired) electrons. The number of ether oxygens (including phenoxy) is 1. The van der Waals surface area contributed by atoms with Crippen LogP contribution in [-0.4, -0.2) is 24.7 Å². The fraction of sp³-hybridized carbons (Fsp3) is 0.167. The number of nitrogens with zero attached hydrogens (tertiary/aromatic N) is 1. The monoisotopic (exact) mass is 418 g/mol. The zero-order chi connectivity index (χ0) is 21.1. The maximum atomic E-state index is 12.6. The highest BCUT2D eigenvalue weighted by molar-refractivity contribution is 8.00. The van der Waals surface area contributed by atoms with Crippen LogP contribution in [0.3, 0.4) is 0 Å². The van der Waals surface area contributed by atoms with Gasteiger partial charge >= 0.3 is 0 Å². The lowest BCUT2D eigenvalue weighted by Gasteiger charge is -2.25. The van der Waals surface area contributed by atoms with Crippen LogP contribution in [0.1, 0.15) is 26.9 Å². The topological polar surface area (TPSA) is 58.6 Å². The molecule has 0 aliphatic carbocycles. The smallest absolute Gasteiger partial charge is 0.255 e. The molecule has 152 valence electrons. The lowest BCUT2D eigenvalue weighted by molar-refractivity contribution is -0.115. The number of aryl methyl sites for hydroxylation is 1. The van der Waals surface area contributed by atoms with E-state index >= 15 is 0 Å². The van der Waals surface area contributed by atoms with E-state index in [1.165, 1.54) is 0 Å². The number of rotatable bonds is 5. The van der Waals surface area contributed by atoms with Gasteiger partial charge in [0.2, 0.25) is 5.91 Å². The Morgan fingerprint density at radius 3 is 2.60 bits per heavy atom. The Kier molecular flexibility index (Phi) is 5.77. The highest BCUT2D eigenvalue weighted by atomic mass is 32.2. The molecule has 4 rings (SSSR count). The number of nitrogens with one attached hydrogen (secondary N) is 1. The van der Waals surface area contributed by atoms with Crippen LogP contribution in [0.5, 0.6) is 5.75 Å². The fourth-order valence-electron chi connectivity index (χ4n) is 3.39. The van der Waals surface area contributed by atoms with E-state index in [0.717, 1.165) is 16.8 Å². The molecule has 0 bridgehead atoms. The first-order valence-corrected chi connectivity index (χ1v) is 10.7. The zero-order valence-corrected chi connectivity index (χ0v) is 17.6. The molecule has 2 amide bonds. The van der Waals surface area contributed by atoms with Crippen molar-refractivity contribution in [3.63, 3.8) is 0 Å². The van der Waals surface area contributed by atoms with Gasteiger partial charge in [0.05, 0.1) is 12.9 Å². The van der Waals surface area contributed by atoms with E-state index in [1.54, 1.807) is 23.8 Å². The Morgan fingerprint density at radius 2 is 1.83 bits per heavy atom. The summed E-state index contributed by atoms with van der Waals surface area (Å²) in [5, 5.41) is 2.79. The van der Waals surface area contributed by atoms with Crippen LogP contribution in [0, 0.1) is 6.92 Å². The van der Waals surface area contributed by atoms with Crippen molar-refractivity contribution in [2.24, 2.45) is 0 Å². The molecule has 1 N–H and O–H groups in total. The lowest BCUT2D eigenvalue weighted by Crippen LogP contribution is -2.27. The predicted molar refractivity (Wildman–Crippen MR) is 121 cm³/mol. The third-order valence-corrected chi connectivity index (χ3v) is 6.16. The van der Waals surface area contributed by atoms with Gasteiger partial charge in [0.1, 0.15) is 11.1 Å². The molecule has 3 aromatic rings. The molecule has 0 unspecified atom stereocenters. The number of carbonyl (C=O) groups excluding carboxylic acids is 2. The maximum Gasteiger partial charge on any atom is 0.255 e. The molecule has 5 nitrogen and oxygen atoms in total. The van der Waals surface area contributed by atoms with Crippen molar-refractivity contribution >= 4 is 35.0 Å². The second kappa shape index (κ2) is 8.63. The number of hydrogen-bond donors (Lipinski definition) is 1. The van der Waals surface area contributed by atoms with Crippen molar-refractivity contribution in [1.82, 2.24) is 0 Å². The van der Waals surface area contributed by atoms with Gasteiger partial charge in [-0.25, -0.2) is 0 Å². The highest BCUT2D eigenvalue weighted by Crippen LogP contribution is 2.42. The molecule has 6 heteroatoms. The molecule has 0 aromatic heterocycles. The van der Waals surface area contributed by atoms with Gasteiger partial charge < -0.3 is 10.1 Å². The minimum Gasteiger partial charge on any atom is -0.497 e. The van der Waals surface area contributed by atoms with Gasteiger partial charge in [-0.15, -0.1) is 11.8 Å². The largest absolute Gasteiger partial charge is 0.497 e.